The molecule has 4 aromatic rings. The molecule has 2 N–H and O–H groups in total. The van der Waals surface area contributed by atoms with Crippen LogP contribution >= 0.6 is 0 Å². The lowest BCUT2D eigenvalue weighted by Gasteiger charge is -2.45. The number of nitrogens with zero attached hydrogens (tertiary/aromatic N) is 4. The first-order valence-corrected chi connectivity index (χ1v) is 11.2. The quantitative estimate of drug-likeness (QED) is 0.486. The molecule has 1 fully saturated rings. The number of aryl methyl sites for hydroxylation is 2. The van der Waals surface area contributed by atoms with Gasteiger partial charge in [0.15, 0.2) is 5.75 Å². The summed E-state index contributed by atoms with van der Waals surface area (Å²) in [5, 5.41) is 17.3. The van der Waals surface area contributed by atoms with Crippen LogP contribution in [0.15, 0.2) is 42.7 Å². The number of hydrogen-bond donors (Lipinski definition) is 2. The lowest BCUT2D eigenvalue weighted by atomic mass is 9.90. The van der Waals surface area contributed by atoms with E-state index in [9.17, 15) is 14.7 Å². The zero-order valence-electron chi connectivity index (χ0n) is 19.6. The van der Waals surface area contributed by atoms with E-state index in [4.69, 9.17) is 4.74 Å². The highest BCUT2D eigenvalue weighted by Gasteiger charge is 2.39. The smallest absolute Gasteiger partial charge is 0.325 e. The van der Waals surface area contributed by atoms with Gasteiger partial charge in [-0.05, 0) is 50.6 Å². The predicted molar refractivity (Wildman–Crippen MR) is 128 cm³/mol. The van der Waals surface area contributed by atoms with Gasteiger partial charge in [-0.3, -0.25) is 9.36 Å². The molecular formula is C25H27N5O4. The van der Waals surface area contributed by atoms with Crippen LogP contribution in [-0.4, -0.2) is 62.4 Å². The number of aliphatic hydroxyl groups is 1. The number of likely N-dealkylation sites (tertiary alicyclic amines) is 1. The third kappa shape index (κ3) is 3.31. The number of carbonyl (C=O) groups excluding carboxylic acids is 2. The van der Waals surface area contributed by atoms with Gasteiger partial charge in [-0.1, -0.05) is 0 Å². The zero-order valence-corrected chi connectivity index (χ0v) is 19.6. The van der Waals surface area contributed by atoms with Crippen molar-refractivity contribution in [3.8, 4) is 11.5 Å². The van der Waals surface area contributed by atoms with Gasteiger partial charge in [-0.25, -0.2) is 9.31 Å². The summed E-state index contributed by atoms with van der Waals surface area (Å²) >= 11 is 0. The Morgan fingerprint density at radius 2 is 2.03 bits per heavy atom. The largest absolute Gasteiger partial charge is 0.455 e. The molecule has 1 aromatic carbocycles. The monoisotopic (exact) mass is 461 g/mol. The second kappa shape index (κ2) is 8.18. The standard InChI is InChI=1S/C25H27N5O4/c1-14-9-17-10-19(5-6-21(17)30(14)25(33)26-4)34-22-7-8-27-29-12-20(15(2)23(22)29)24(32)28-11-18(13-31)16(28)3/h5-10,12,16,18,31H,11,13H2,1-4H3,(H,26,33)/t16-,18+/m1/s1. The molecule has 0 unspecified atom stereocenters. The number of ether oxygens (including phenoxy) is 1. The third-order valence-corrected chi connectivity index (χ3v) is 6.82. The average Bonchev–Trinajstić information content (AvgIpc) is 3.34. The van der Waals surface area contributed by atoms with Crippen LogP contribution in [0.1, 0.15) is 28.5 Å². The second-order valence-corrected chi connectivity index (χ2v) is 8.80. The van der Waals surface area contributed by atoms with Crippen molar-refractivity contribution in [1.82, 2.24) is 24.4 Å². The molecule has 34 heavy (non-hydrogen) atoms. The SMILES string of the molecule is CNC(=O)n1c(C)cc2cc(Oc3ccnn4cc(C(=O)N5C[C@@H](CO)[C@H]5C)c(C)c34)ccc21. The van der Waals surface area contributed by atoms with E-state index < -0.39 is 0 Å². The molecule has 1 aliphatic rings. The first-order valence-electron chi connectivity index (χ1n) is 11.2. The summed E-state index contributed by atoms with van der Waals surface area (Å²) in [7, 11) is 1.60. The minimum absolute atomic E-state index is 0.000808. The van der Waals surface area contributed by atoms with E-state index in [0.717, 1.165) is 27.7 Å². The zero-order chi connectivity index (χ0) is 24.1. The summed E-state index contributed by atoms with van der Waals surface area (Å²) in [6.07, 6.45) is 3.36. The topological polar surface area (TPSA) is 101 Å². The number of aliphatic hydroxyl groups excluding tert-OH is 1. The molecule has 0 aliphatic carbocycles. The molecule has 2 amide bonds. The van der Waals surface area contributed by atoms with Crippen molar-refractivity contribution in [3.05, 3.63) is 59.5 Å². The minimum Gasteiger partial charge on any atom is -0.455 e. The van der Waals surface area contributed by atoms with Crippen LogP contribution in [0.2, 0.25) is 0 Å². The molecule has 176 valence electrons. The van der Waals surface area contributed by atoms with Gasteiger partial charge in [0.2, 0.25) is 0 Å². The van der Waals surface area contributed by atoms with Crippen molar-refractivity contribution in [2.24, 2.45) is 5.92 Å². The van der Waals surface area contributed by atoms with Crippen molar-refractivity contribution in [3.63, 3.8) is 0 Å². The van der Waals surface area contributed by atoms with Gasteiger partial charge in [0.05, 0.1) is 17.3 Å². The highest BCUT2D eigenvalue weighted by atomic mass is 16.5. The average molecular weight is 462 g/mol. The van der Waals surface area contributed by atoms with E-state index in [-0.39, 0.29) is 30.5 Å². The van der Waals surface area contributed by atoms with E-state index in [1.165, 1.54) is 0 Å². The van der Waals surface area contributed by atoms with Crippen LogP contribution in [0.4, 0.5) is 4.79 Å². The number of nitrogens with one attached hydrogen (secondary N) is 1. The Kier molecular flexibility index (Phi) is 5.28. The van der Waals surface area contributed by atoms with Crippen LogP contribution in [0.25, 0.3) is 16.4 Å². The van der Waals surface area contributed by atoms with E-state index in [2.05, 4.69) is 10.4 Å². The molecule has 9 heteroatoms. The Balaban J connectivity index is 1.48. The number of amides is 2. The second-order valence-electron chi connectivity index (χ2n) is 8.80. The Hall–Kier alpha value is -3.85. The van der Waals surface area contributed by atoms with Crippen LogP contribution < -0.4 is 10.1 Å². The molecule has 1 saturated heterocycles. The van der Waals surface area contributed by atoms with Gasteiger partial charge in [-0.2, -0.15) is 5.10 Å². The Morgan fingerprint density at radius 3 is 2.74 bits per heavy atom. The maximum absolute atomic E-state index is 13.1. The maximum atomic E-state index is 13.1. The normalized spacial score (nSPS) is 17.7. The molecule has 0 radical (unpaired) electrons. The summed E-state index contributed by atoms with van der Waals surface area (Å²) in [4.78, 5) is 27.1. The summed E-state index contributed by atoms with van der Waals surface area (Å²) in [5.41, 5.74) is 3.70. The van der Waals surface area contributed by atoms with Crippen LogP contribution in [0.3, 0.4) is 0 Å². The fraction of sp³-hybridized carbons (Fsp3) is 0.320. The summed E-state index contributed by atoms with van der Waals surface area (Å²) < 4.78 is 9.52. The Morgan fingerprint density at radius 1 is 1.24 bits per heavy atom. The van der Waals surface area contributed by atoms with Gasteiger partial charge in [0.1, 0.15) is 11.3 Å². The van der Waals surface area contributed by atoms with Crippen molar-refractivity contribution in [2.45, 2.75) is 26.8 Å². The number of carbonyl (C=O) groups is 2. The van der Waals surface area contributed by atoms with Crippen LogP contribution in [0, 0.1) is 19.8 Å². The van der Waals surface area contributed by atoms with Crippen molar-refractivity contribution >= 4 is 28.4 Å². The summed E-state index contributed by atoms with van der Waals surface area (Å²) in [6.45, 7) is 6.36. The molecule has 0 spiro atoms. The lowest BCUT2D eigenvalue weighted by Crippen LogP contribution is -2.58. The van der Waals surface area contributed by atoms with Gasteiger partial charge in [-0.15, -0.1) is 0 Å². The minimum atomic E-state index is -0.195. The van der Waals surface area contributed by atoms with Gasteiger partial charge >= 0.3 is 6.03 Å². The highest BCUT2D eigenvalue weighted by molar-refractivity contribution is 5.99. The van der Waals surface area contributed by atoms with E-state index >= 15 is 0 Å². The molecule has 2 atom stereocenters. The number of fused-ring (bicyclic) bond motifs is 2. The summed E-state index contributed by atoms with van der Waals surface area (Å²) in [5.74, 6) is 1.25. The van der Waals surface area contributed by atoms with Crippen LogP contribution in [0.5, 0.6) is 11.5 Å². The number of rotatable bonds is 4. The molecule has 0 saturated carbocycles. The number of aromatic nitrogens is 3. The third-order valence-electron chi connectivity index (χ3n) is 6.82. The van der Waals surface area contributed by atoms with Gasteiger partial charge in [0.25, 0.3) is 5.91 Å². The van der Waals surface area contributed by atoms with Gasteiger partial charge < -0.3 is 20.1 Å². The molecule has 0 bridgehead atoms. The van der Waals surface area contributed by atoms with Crippen molar-refractivity contribution in [2.75, 3.05) is 20.2 Å². The summed E-state index contributed by atoms with van der Waals surface area (Å²) in [6, 6.07) is 9.08. The van der Waals surface area contributed by atoms with Crippen molar-refractivity contribution < 1.29 is 19.4 Å². The first-order chi connectivity index (χ1) is 16.3. The molecule has 1 aliphatic heterocycles. The van der Waals surface area contributed by atoms with E-state index in [0.29, 0.717) is 23.6 Å². The van der Waals surface area contributed by atoms with E-state index in [1.54, 1.807) is 39.5 Å². The van der Waals surface area contributed by atoms with Crippen LogP contribution in [-0.2, 0) is 0 Å². The lowest BCUT2D eigenvalue weighted by molar-refractivity contribution is 0.00151. The molecule has 4 heterocycles. The molecular weight excluding hydrogens is 434 g/mol. The van der Waals surface area contributed by atoms with E-state index in [1.807, 2.05) is 45.0 Å². The number of benzene rings is 1. The Bertz CT molecular complexity index is 1440. The fourth-order valence-electron chi connectivity index (χ4n) is 4.75. The Labute approximate surface area is 196 Å². The first kappa shape index (κ1) is 22.0. The van der Waals surface area contributed by atoms with Crippen molar-refractivity contribution in [1.29, 1.82) is 0 Å². The predicted octanol–water partition coefficient (Wildman–Crippen LogP) is 3.34. The number of hydrogen-bond acceptors (Lipinski definition) is 5. The van der Waals surface area contributed by atoms with Gasteiger partial charge in [0, 0.05) is 55.5 Å². The fourth-order valence-corrected chi connectivity index (χ4v) is 4.75. The highest BCUT2D eigenvalue weighted by Crippen LogP contribution is 2.34. The molecule has 5 rings (SSSR count). The molecule has 3 aromatic heterocycles. The molecule has 9 nitrogen and oxygen atoms in total. The maximum Gasteiger partial charge on any atom is 0.325 e.